The average Bonchev–Trinajstić information content (AvgIpc) is 3.42. The van der Waals surface area contributed by atoms with Crippen LogP contribution in [0.15, 0.2) is 60.8 Å². The van der Waals surface area contributed by atoms with Crippen molar-refractivity contribution in [3.05, 3.63) is 60.8 Å². The second-order valence-electron chi connectivity index (χ2n) is 24.3. The molecular formula is C70H131N2O7P. The second kappa shape index (κ2) is 59.9. The van der Waals surface area contributed by atoms with E-state index in [0.29, 0.717) is 17.4 Å². The number of amides is 1. The van der Waals surface area contributed by atoms with Crippen LogP contribution >= 0.6 is 7.82 Å². The number of nitrogens with zero attached hydrogens (tertiary/aromatic N) is 1. The van der Waals surface area contributed by atoms with Crippen LogP contribution in [0.4, 0.5) is 0 Å². The summed E-state index contributed by atoms with van der Waals surface area (Å²) in [5.74, 6) is -0.540. The molecule has 0 aliphatic carbocycles. The van der Waals surface area contributed by atoms with Crippen LogP contribution in [0.25, 0.3) is 0 Å². The fourth-order valence-electron chi connectivity index (χ4n) is 9.88. The van der Waals surface area contributed by atoms with Crippen LogP contribution in [0.1, 0.15) is 323 Å². The molecule has 0 aromatic carbocycles. The van der Waals surface area contributed by atoms with Crippen molar-refractivity contribution >= 4 is 19.7 Å². The predicted molar refractivity (Wildman–Crippen MR) is 344 cm³/mol. The Kier molecular flexibility index (Phi) is 58.1. The van der Waals surface area contributed by atoms with Gasteiger partial charge >= 0.3 is 5.97 Å². The Morgan fingerprint density at radius 3 is 1.15 bits per heavy atom. The highest BCUT2D eigenvalue weighted by Gasteiger charge is 2.27. The van der Waals surface area contributed by atoms with E-state index in [4.69, 9.17) is 13.8 Å². The molecule has 0 saturated carbocycles. The summed E-state index contributed by atoms with van der Waals surface area (Å²) in [6.45, 7) is 6.82. The van der Waals surface area contributed by atoms with Gasteiger partial charge in [-0.3, -0.25) is 14.2 Å². The van der Waals surface area contributed by atoms with E-state index in [-0.39, 0.29) is 31.5 Å². The molecule has 0 aliphatic heterocycles. The molecule has 0 bridgehead atoms. The van der Waals surface area contributed by atoms with E-state index in [1.807, 2.05) is 33.3 Å². The number of hydrogen-bond acceptors (Lipinski definition) is 7. The topological polar surface area (TPSA) is 114 Å². The molecule has 3 unspecified atom stereocenters. The molecule has 0 fully saturated rings. The predicted octanol–water partition coefficient (Wildman–Crippen LogP) is 20.8. The summed E-state index contributed by atoms with van der Waals surface area (Å²) in [5, 5.41) is 3.04. The molecule has 1 amide bonds. The first kappa shape index (κ1) is 77.7. The van der Waals surface area contributed by atoms with Gasteiger partial charge in [-0.15, -0.1) is 0 Å². The number of allylic oxidation sites excluding steroid dienone is 9. The second-order valence-corrected chi connectivity index (χ2v) is 25.7. The van der Waals surface area contributed by atoms with Crippen LogP contribution in [-0.2, 0) is 27.9 Å². The fourth-order valence-corrected chi connectivity index (χ4v) is 10.6. The largest absolute Gasteiger partial charge is 0.756 e. The van der Waals surface area contributed by atoms with Crippen LogP contribution < -0.4 is 10.2 Å². The Bertz CT molecular complexity index is 1550. The molecule has 3 atom stereocenters. The van der Waals surface area contributed by atoms with Gasteiger partial charge in [0.1, 0.15) is 19.3 Å². The smallest absolute Gasteiger partial charge is 0.306 e. The average molecular weight is 1140 g/mol. The Morgan fingerprint density at radius 2 is 0.762 bits per heavy atom. The highest BCUT2D eigenvalue weighted by molar-refractivity contribution is 7.45. The number of hydrogen-bond donors (Lipinski definition) is 1. The van der Waals surface area contributed by atoms with E-state index in [9.17, 15) is 19.0 Å². The van der Waals surface area contributed by atoms with E-state index in [0.717, 1.165) is 83.5 Å². The van der Waals surface area contributed by atoms with Crippen LogP contribution in [0, 0.1) is 0 Å². The van der Waals surface area contributed by atoms with Crippen molar-refractivity contribution in [1.82, 2.24) is 5.32 Å². The molecule has 0 radical (unpaired) electrons. The Hall–Kier alpha value is -2.29. The van der Waals surface area contributed by atoms with Gasteiger partial charge in [-0.2, -0.15) is 0 Å². The molecule has 0 saturated heterocycles. The Labute approximate surface area is 496 Å². The number of carbonyl (C=O) groups is 2. The summed E-state index contributed by atoms with van der Waals surface area (Å²) in [5.41, 5.74) is 0. The highest BCUT2D eigenvalue weighted by atomic mass is 31.2. The van der Waals surface area contributed by atoms with Crippen molar-refractivity contribution in [2.24, 2.45) is 0 Å². The van der Waals surface area contributed by atoms with Gasteiger partial charge in [0.05, 0.1) is 33.8 Å². The monoisotopic (exact) mass is 1140 g/mol. The van der Waals surface area contributed by atoms with Gasteiger partial charge in [-0.05, 0) is 96.0 Å². The molecule has 0 aromatic heterocycles. The fraction of sp³-hybridized carbons (Fsp3) is 0.829. The van der Waals surface area contributed by atoms with Crippen molar-refractivity contribution in [2.75, 3.05) is 40.9 Å². The van der Waals surface area contributed by atoms with Crippen molar-refractivity contribution in [1.29, 1.82) is 0 Å². The first-order valence-electron chi connectivity index (χ1n) is 34.1. The number of esters is 1. The summed E-state index contributed by atoms with van der Waals surface area (Å²) in [7, 11) is 1.19. The molecule has 0 aromatic rings. The van der Waals surface area contributed by atoms with Gasteiger partial charge in [0.15, 0.2) is 0 Å². The minimum atomic E-state index is -4.70. The number of carbonyl (C=O) groups excluding carboxylic acids is 2. The first-order valence-corrected chi connectivity index (χ1v) is 35.6. The van der Waals surface area contributed by atoms with Crippen molar-refractivity contribution in [3.8, 4) is 0 Å². The van der Waals surface area contributed by atoms with Gasteiger partial charge in [-0.25, -0.2) is 0 Å². The molecule has 0 heterocycles. The Balaban J connectivity index is 5.08. The Morgan fingerprint density at radius 1 is 0.438 bits per heavy atom. The molecule has 80 heavy (non-hydrogen) atoms. The van der Waals surface area contributed by atoms with Gasteiger partial charge in [0.2, 0.25) is 5.91 Å². The van der Waals surface area contributed by atoms with Crippen molar-refractivity contribution in [2.45, 2.75) is 335 Å². The lowest BCUT2D eigenvalue weighted by atomic mass is 10.0. The van der Waals surface area contributed by atoms with Crippen LogP contribution in [0.5, 0.6) is 0 Å². The lowest BCUT2D eigenvalue weighted by Gasteiger charge is -2.30. The minimum absolute atomic E-state index is 0.0236. The van der Waals surface area contributed by atoms with Crippen molar-refractivity contribution in [3.63, 3.8) is 0 Å². The molecule has 9 nitrogen and oxygen atoms in total. The molecule has 10 heteroatoms. The third kappa shape index (κ3) is 60.3. The molecule has 468 valence electrons. The zero-order chi connectivity index (χ0) is 58.6. The van der Waals surface area contributed by atoms with E-state index in [2.05, 4.69) is 74.7 Å². The maximum Gasteiger partial charge on any atom is 0.306 e. The lowest BCUT2D eigenvalue weighted by molar-refractivity contribution is -0.870. The number of phosphoric ester groups is 1. The van der Waals surface area contributed by atoms with Crippen LogP contribution in [0.3, 0.4) is 0 Å². The highest BCUT2D eigenvalue weighted by Crippen LogP contribution is 2.38. The SMILES string of the molecule is CCCCC/C=C\C/C=C\CCCCCCCCCCCCCCCCCC(=O)NC(COP(=O)([O-])OCC[N+](C)(C)C)C(/C=C\CCCCCCCCCCCC)OC(=O)CCCCCCCCC/C=C\C/C=C\CCCCC. The number of likely N-dealkylation sites (N-methyl/N-ethyl adjacent to an activating group) is 1. The molecular weight excluding hydrogens is 1010 g/mol. The summed E-state index contributed by atoms with van der Waals surface area (Å²) < 4.78 is 30.4. The van der Waals surface area contributed by atoms with Crippen LogP contribution in [-0.4, -0.2) is 69.4 Å². The molecule has 0 spiro atoms. The maximum atomic E-state index is 13.6. The molecule has 0 aliphatic rings. The normalized spacial score (nSPS) is 13.9. The number of nitrogens with one attached hydrogen (secondary N) is 1. The summed E-state index contributed by atoms with van der Waals surface area (Å²) >= 11 is 0. The van der Waals surface area contributed by atoms with Gasteiger partial charge in [0, 0.05) is 12.8 Å². The molecule has 0 rings (SSSR count). The quantitative estimate of drug-likeness (QED) is 0.0212. The van der Waals surface area contributed by atoms with E-state index >= 15 is 0 Å². The zero-order valence-corrected chi connectivity index (χ0v) is 54.4. The van der Waals surface area contributed by atoms with Gasteiger partial charge in [-0.1, -0.05) is 275 Å². The summed E-state index contributed by atoms with van der Waals surface area (Å²) in [6.07, 6.45) is 76.2. The van der Waals surface area contributed by atoms with E-state index < -0.39 is 20.0 Å². The maximum absolute atomic E-state index is 13.6. The zero-order valence-electron chi connectivity index (χ0n) is 53.5. The molecule has 1 N–H and O–H groups in total. The van der Waals surface area contributed by atoms with E-state index in [1.165, 1.54) is 205 Å². The number of quaternary nitrogens is 1. The lowest BCUT2D eigenvalue weighted by Crippen LogP contribution is -2.47. The summed E-state index contributed by atoms with van der Waals surface area (Å²) in [4.78, 5) is 40.1. The van der Waals surface area contributed by atoms with E-state index in [1.54, 1.807) is 0 Å². The third-order valence-corrected chi connectivity index (χ3v) is 16.1. The summed E-state index contributed by atoms with van der Waals surface area (Å²) in [6, 6.07) is -0.892. The minimum Gasteiger partial charge on any atom is -0.756 e. The van der Waals surface area contributed by atoms with Gasteiger partial charge < -0.3 is 28.5 Å². The third-order valence-electron chi connectivity index (χ3n) is 15.2. The number of rotatable bonds is 62. The van der Waals surface area contributed by atoms with Crippen LogP contribution in [0.2, 0.25) is 0 Å². The first-order chi connectivity index (χ1) is 38.9. The standard InChI is InChI=1S/C70H131N2O7P/c1-7-10-13-16-19-22-25-28-30-32-33-34-35-36-37-38-39-41-42-44-47-50-53-56-59-62-69(73)71-67(66-78-80(75,76)77-65-64-72(4,5)6)68(61-58-55-52-49-46-27-24-21-18-15-12-9-3)79-70(74)63-60-57-54-51-48-45-43-40-31-29-26-23-20-17-14-11-8-2/h19-20,22-23,28-31,58,61,67-68H,7-18,21,24-27,32-57,59-60,62-66H2,1-6H3,(H-,71,73,75,76)/b22-19-,23-20-,30-28-,31-29-,61-58-. The number of phosphoric acid groups is 1. The van der Waals surface area contributed by atoms with Crippen molar-refractivity contribution < 1.29 is 37.3 Å². The number of unbranched alkanes of at least 4 members (excludes halogenated alkanes) is 38. The van der Waals surface area contributed by atoms with Gasteiger partial charge in [0.25, 0.3) is 7.82 Å². The number of ether oxygens (including phenoxy) is 1.